The average Bonchev–Trinajstić information content (AvgIpc) is 1.79. The normalized spacial score (nSPS) is 7.73. The molecule has 0 N–H and O–H groups in total. The van der Waals surface area contributed by atoms with Crippen LogP contribution in [0.2, 0.25) is 0 Å². The zero-order chi connectivity index (χ0) is 11.7. The molecule has 0 aromatic heterocycles. The topological polar surface area (TPSA) is 68.3 Å². The van der Waals surface area contributed by atoms with E-state index in [4.69, 9.17) is 0 Å². The van der Waals surface area contributed by atoms with Crippen LogP contribution in [-0.2, 0) is 19.2 Å². The third-order valence-corrected chi connectivity index (χ3v) is 0.996. The Morgan fingerprint density at radius 3 is 0.733 bits per heavy atom. The Hall–Kier alpha value is -0.554. The van der Waals surface area contributed by atoms with Crippen molar-refractivity contribution in [3.8, 4) is 0 Å². The summed E-state index contributed by atoms with van der Waals surface area (Å²) in [5.41, 5.74) is 0. The van der Waals surface area contributed by atoms with Crippen LogP contribution in [0.4, 0.5) is 0 Å². The lowest BCUT2D eigenvalue weighted by Gasteiger charge is -1.81. The molecule has 0 atom stereocenters. The van der Waals surface area contributed by atoms with Crippen LogP contribution in [0.1, 0.15) is 40.5 Å². The molecule has 15 heavy (non-hydrogen) atoms. The molecule has 0 saturated heterocycles. The fourth-order valence-electron chi connectivity index (χ4n) is 0.701. The van der Waals surface area contributed by atoms with E-state index in [0.717, 1.165) is 0 Å². The van der Waals surface area contributed by atoms with Crippen molar-refractivity contribution < 1.29 is 19.2 Å². The number of Topliss-reactive ketones (excluding diaryl/α,β-unsaturated/α-hetero) is 4. The molecule has 4 nitrogen and oxygen atoms in total. The SMILES string of the molecule is CC(=O)CC(C)=O.CC(=O)CC(C)=O.[Mg]. The van der Waals surface area contributed by atoms with Crippen molar-refractivity contribution in [3.05, 3.63) is 0 Å². The first-order chi connectivity index (χ1) is 6.25. The highest BCUT2D eigenvalue weighted by Crippen LogP contribution is 1.80. The lowest BCUT2D eigenvalue weighted by molar-refractivity contribution is -0.126. The third-order valence-electron chi connectivity index (χ3n) is 0.996. The highest BCUT2D eigenvalue weighted by molar-refractivity contribution is 5.97. The van der Waals surface area contributed by atoms with Crippen molar-refractivity contribution in [3.63, 3.8) is 0 Å². The van der Waals surface area contributed by atoms with Gasteiger partial charge in [-0.25, -0.2) is 0 Å². The molecule has 82 valence electrons. The van der Waals surface area contributed by atoms with Gasteiger partial charge >= 0.3 is 0 Å². The van der Waals surface area contributed by atoms with Gasteiger partial charge in [-0.15, -0.1) is 0 Å². The predicted octanol–water partition coefficient (Wildman–Crippen LogP) is 0.728. The van der Waals surface area contributed by atoms with Crippen molar-refractivity contribution in [2.24, 2.45) is 0 Å². The summed E-state index contributed by atoms with van der Waals surface area (Å²) in [6.07, 6.45) is 0.167. The van der Waals surface area contributed by atoms with E-state index in [1.165, 1.54) is 27.7 Å². The lowest BCUT2D eigenvalue weighted by atomic mass is 10.2. The van der Waals surface area contributed by atoms with Crippen molar-refractivity contribution in [1.29, 1.82) is 0 Å². The van der Waals surface area contributed by atoms with E-state index < -0.39 is 0 Å². The fraction of sp³-hybridized carbons (Fsp3) is 0.600. The van der Waals surface area contributed by atoms with Crippen LogP contribution in [0.5, 0.6) is 0 Å². The Kier molecular flexibility index (Phi) is 15.3. The molecule has 0 amide bonds. The Balaban J connectivity index is -0.000000180. The highest BCUT2D eigenvalue weighted by atomic mass is 24.3. The fourth-order valence-corrected chi connectivity index (χ4v) is 0.701. The van der Waals surface area contributed by atoms with Crippen LogP contribution in [-0.4, -0.2) is 46.2 Å². The Labute approximate surface area is 106 Å². The van der Waals surface area contributed by atoms with Gasteiger partial charge in [-0.05, 0) is 27.7 Å². The largest absolute Gasteiger partial charge is 0.300 e. The number of hydrogen-bond acceptors (Lipinski definition) is 4. The summed E-state index contributed by atoms with van der Waals surface area (Å²) in [5.74, 6) is -0.250. The maximum absolute atomic E-state index is 10.0. The summed E-state index contributed by atoms with van der Waals surface area (Å²) >= 11 is 0. The molecular weight excluding hydrogens is 208 g/mol. The molecule has 5 heteroatoms. The first kappa shape index (κ1) is 19.9. The standard InChI is InChI=1S/2C5H8O2.Mg/c2*1-4(6)3-5(2)7;/h2*3H2,1-2H3;. The van der Waals surface area contributed by atoms with Gasteiger partial charge in [0.15, 0.2) is 0 Å². The van der Waals surface area contributed by atoms with Crippen LogP contribution >= 0.6 is 0 Å². The summed E-state index contributed by atoms with van der Waals surface area (Å²) in [6, 6.07) is 0. The van der Waals surface area contributed by atoms with E-state index >= 15 is 0 Å². The van der Waals surface area contributed by atoms with Crippen LogP contribution in [0.15, 0.2) is 0 Å². The molecule has 0 fully saturated rings. The first-order valence-electron chi connectivity index (χ1n) is 4.23. The Morgan fingerprint density at radius 2 is 0.733 bits per heavy atom. The highest BCUT2D eigenvalue weighted by Gasteiger charge is 1.95. The predicted molar refractivity (Wildman–Crippen MR) is 57.7 cm³/mol. The van der Waals surface area contributed by atoms with Gasteiger partial charge in [0.25, 0.3) is 0 Å². The van der Waals surface area contributed by atoms with Gasteiger partial charge in [-0.3, -0.25) is 19.2 Å². The van der Waals surface area contributed by atoms with Gasteiger partial charge in [0.1, 0.15) is 23.1 Å². The molecule has 0 rings (SSSR count). The van der Waals surface area contributed by atoms with Crippen molar-refractivity contribution in [2.75, 3.05) is 0 Å². The van der Waals surface area contributed by atoms with Crippen LogP contribution in [0.25, 0.3) is 0 Å². The maximum Gasteiger partial charge on any atom is 0.137 e. The average molecular weight is 225 g/mol. The molecule has 0 bridgehead atoms. The van der Waals surface area contributed by atoms with Crippen LogP contribution < -0.4 is 0 Å². The van der Waals surface area contributed by atoms with Gasteiger partial charge in [0.05, 0.1) is 12.8 Å². The number of rotatable bonds is 4. The van der Waals surface area contributed by atoms with Gasteiger partial charge in [0, 0.05) is 23.1 Å². The zero-order valence-electron chi connectivity index (χ0n) is 9.75. The molecule has 0 aromatic rings. The van der Waals surface area contributed by atoms with Crippen LogP contribution in [0, 0.1) is 0 Å². The lowest BCUT2D eigenvalue weighted by Crippen LogP contribution is -1.97. The van der Waals surface area contributed by atoms with E-state index in [2.05, 4.69) is 0 Å². The number of carbonyl (C=O) groups excluding carboxylic acids is 4. The van der Waals surface area contributed by atoms with Crippen molar-refractivity contribution in [1.82, 2.24) is 0 Å². The summed E-state index contributed by atoms with van der Waals surface area (Å²) < 4.78 is 0. The second kappa shape index (κ2) is 11.5. The molecule has 0 aliphatic heterocycles. The Morgan fingerprint density at radius 1 is 0.600 bits per heavy atom. The number of hydrogen-bond donors (Lipinski definition) is 0. The van der Waals surface area contributed by atoms with E-state index in [1.54, 1.807) is 0 Å². The van der Waals surface area contributed by atoms with Gasteiger partial charge in [0.2, 0.25) is 0 Å². The summed E-state index contributed by atoms with van der Waals surface area (Å²) in [5, 5.41) is 0. The van der Waals surface area contributed by atoms with E-state index in [9.17, 15) is 19.2 Å². The van der Waals surface area contributed by atoms with E-state index in [-0.39, 0.29) is 59.0 Å². The summed E-state index contributed by atoms with van der Waals surface area (Å²) in [4.78, 5) is 40.1. The minimum atomic E-state index is -0.0625. The van der Waals surface area contributed by atoms with Gasteiger partial charge in [-0.1, -0.05) is 0 Å². The second-order valence-corrected chi connectivity index (χ2v) is 3.16. The van der Waals surface area contributed by atoms with Crippen LogP contribution in [0.3, 0.4) is 0 Å². The Bertz CT molecular complexity index is 196. The van der Waals surface area contributed by atoms with Gasteiger partial charge < -0.3 is 0 Å². The molecule has 0 aliphatic carbocycles. The van der Waals surface area contributed by atoms with E-state index in [1.807, 2.05) is 0 Å². The maximum atomic E-state index is 10.0. The first-order valence-corrected chi connectivity index (χ1v) is 4.23. The van der Waals surface area contributed by atoms with Crippen molar-refractivity contribution >= 4 is 46.2 Å². The monoisotopic (exact) mass is 224 g/mol. The molecule has 2 radical (unpaired) electrons. The summed E-state index contributed by atoms with van der Waals surface area (Å²) in [6.45, 7) is 5.62. The molecule has 0 aromatic carbocycles. The molecule has 0 spiro atoms. The van der Waals surface area contributed by atoms with E-state index in [0.29, 0.717) is 0 Å². The zero-order valence-corrected chi connectivity index (χ0v) is 11.2. The second-order valence-electron chi connectivity index (χ2n) is 3.16. The van der Waals surface area contributed by atoms with Gasteiger partial charge in [-0.2, -0.15) is 0 Å². The minimum absolute atomic E-state index is 0. The minimum Gasteiger partial charge on any atom is -0.300 e. The van der Waals surface area contributed by atoms with Crippen molar-refractivity contribution in [2.45, 2.75) is 40.5 Å². The molecular formula is C10H16MgO4. The quantitative estimate of drug-likeness (QED) is 0.521. The molecule has 0 aliphatic rings. The molecule has 0 unspecified atom stereocenters. The number of carbonyl (C=O) groups is 4. The smallest absolute Gasteiger partial charge is 0.137 e. The summed E-state index contributed by atoms with van der Waals surface area (Å²) in [7, 11) is 0. The number of ketones is 4. The molecule has 0 heterocycles. The molecule has 0 saturated carbocycles. The third kappa shape index (κ3) is 31.8.